The van der Waals surface area contributed by atoms with Crippen LogP contribution in [0.5, 0.6) is 0 Å². The van der Waals surface area contributed by atoms with Gasteiger partial charge < -0.3 is 11.1 Å². The smallest absolute Gasteiger partial charge is 0.191 e. The minimum atomic E-state index is 0.398. The number of aromatic nitrogens is 2. The van der Waals surface area contributed by atoms with Gasteiger partial charge in [-0.05, 0) is 24.5 Å². The number of rotatable bonds is 3. The maximum absolute atomic E-state index is 6.06. The van der Waals surface area contributed by atoms with Crippen LogP contribution in [0.15, 0.2) is 29.4 Å². The molecule has 2 aromatic rings. The molecule has 0 saturated carbocycles. The normalized spacial score (nSPS) is 10.4. The van der Waals surface area contributed by atoms with Crippen LogP contribution >= 0.6 is 35.0 Å². The molecule has 0 spiro atoms. The summed E-state index contributed by atoms with van der Waals surface area (Å²) in [5.74, 6) is 0.978. The second-order valence-electron chi connectivity index (χ2n) is 3.41. The van der Waals surface area contributed by atoms with Crippen LogP contribution in [0.3, 0.4) is 0 Å². The first-order valence-electron chi connectivity index (χ1n) is 4.99. The molecule has 0 fully saturated rings. The van der Waals surface area contributed by atoms with Crippen LogP contribution in [-0.4, -0.2) is 16.2 Å². The molecule has 1 aromatic heterocycles. The van der Waals surface area contributed by atoms with Gasteiger partial charge in [0.25, 0.3) is 0 Å². The van der Waals surface area contributed by atoms with Crippen LogP contribution in [0.25, 0.3) is 0 Å². The van der Waals surface area contributed by atoms with Gasteiger partial charge in [0.05, 0.1) is 10.7 Å². The zero-order valence-corrected chi connectivity index (χ0v) is 11.8. The Hall–Kier alpha value is -1.17. The summed E-state index contributed by atoms with van der Waals surface area (Å²) in [6.45, 7) is 0. The highest BCUT2D eigenvalue weighted by Crippen LogP contribution is 2.28. The Balaban J connectivity index is 2.33. The molecule has 0 saturated heterocycles. The van der Waals surface area contributed by atoms with Crippen molar-refractivity contribution >= 4 is 52.3 Å². The summed E-state index contributed by atoms with van der Waals surface area (Å²) in [7, 11) is 0. The highest BCUT2D eigenvalue weighted by atomic mass is 35.5. The number of nitrogen functional groups attached to an aromatic ring is 1. The number of nitrogens with one attached hydrogen (secondary N) is 1. The fraction of sp³-hybridized carbons (Fsp3) is 0.0909. The van der Waals surface area contributed by atoms with Crippen molar-refractivity contribution in [3.63, 3.8) is 0 Å². The van der Waals surface area contributed by atoms with E-state index in [1.807, 2.05) is 6.26 Å². The van der Waals surface area contributed by atoms with E-state index in [4.69, 9.17) is 28.9 Å². The van der Waals surface area contributed by atoms with E-state index in [-0.39, 0.29) is 0 Å². The van der Waals surface area contributed by atoms with Gasteiger partial charge >= 0.3 is 0 Å². The average Bonchev–Trinajstić information content (AvgIpc) is 2.33. The SMILES string of the molecule is CSc1nc(N)cc(Nc2cc(Cl)ccc2Cl)n1. The Bertz CT molecular complexity index is 577. The number of thioether (sulfide) groups is 1. The van der Waals surface area contributed by atoms with E-state index >= 15 is 0 Å². The monoisotopic (exact) mass is 300 g/mol. The second-order valence-corrected chi connectivity index (χ2v) is 5.03. The van der Waals surface area contributed by atoms with Gasteiger partial charge in [0.1, 0.15) is 11.6 Å². The van der Waals surface area contributed by atoms with Crippen molar-refractivity contribution in [2.45, 2.75) is 5.16 Å². The van der Waals surface area contributed by atoms with E-state index in [0.717, 1.165) is 0 Å². The van der Waals surface area contributed by atoms with Gasteiger partial charge in [-0.25, -0.2) is 9.97 Å². The summed E-state index contributed by atoms with van der Waals surface area (Å²) in [6, 6.07) is 6.79. The average molecular weight is 301 g/mol. The van der Waals surface area contributed by atoms with Gasteiger partial charge in [-0.1, -0.05) is 35.0 Å². The summed E-state index contributed by atoms with van der Waals surface area (Å²) in [4.78, 5) is 8.34. The van der Waals surface area contributed by atoms with Crippen LogP contribution in [0, 0.1) is 0 Å². The molecule has 1 heterocycles. The Kier molecular flexibility index (Phi) is 4.16. The first-order chi connectivity index (χ1) is 8.58. The number of nitrogens with two attached hydrogens (primary N) is 1. The first kappa shape index (κ1) is 13.3. The highest BCUT2D eigenvalue weighted by molar-refractivity contribution is 7.98. The molecule has 0 radical (unpaired) electrons. The fourth-order valence-corrected chi connectivity index (χ4v) is 2.05. The Labute approximate surface area is 119 Å². The van der Waals surface area contributed by atoms with Crippen LogP contribution in [-0.2, 0) is 0 Å². The molecule has 18 heavy (non-hydrogen) atoms. The Morgan fingerprint density at radius 3 is 2.72 bits per heavy atom. The molecule has 2 rings (SSSR count). The van der Waals surface area contributed by atoms with Crippen LogP contribution in [0.4, 0.5) is 17.3 Å². The lowest BCUT2D eigenvalue weighted by Gasteiger charge is -2.09. The predicted molar refractivity (Wildman–Crippen MR) is 78.0 cm³/mol. The number of hydrogen-bond donors (Lipinski definition) is 2. The van der Waals surface area contributed by atoms with Crippen molar-refractivity contribution in [1.82, 2.24) is 9.97 Å². The van der Waals surface area contributed by atoms with Crippen LogP contribution in [0.1, 0.15) is 0 Å². The van der Waals surface area contributed by atoms with Crippen molar-refractivity contribution in [3.05, 3.63) is 34.3 Å². The third-order valence-corrected chi connectivity index (χ3v) is 3.21. The number of anilines is 3. The van der Waals surface area contributed by atoms with Gasteiger partial charge in [0, 0.05) is 11.1 Å². The maximum Gasteiger partial charge on any atom is 0.191 e. The van der Waals surface area contributed by atoms with E-state index in [2.05, 4.69) is 15.3 Å². The van der Waals surface area contributed by atoms with E-state index < -0.39 is 0 Å². The molecule has 0 aliphatic rings. The summed E-state index contributed by atoms with van der Waals surface area (Å²) in [5, 5.41) is 4.81. The Morgan fingerprint density at radius 2 is 2.00 bits per heavy atom. The van der Waals surface area contributed by atoms with Crippen LogP contribution in [0.2, 0.25) is 10.0 Å². The number of halogens is 2. The lowest BCUT2D eigenvalue weighted by Crippen LogP contribution is -2.00. The minimum absolute atomic E-state index is 0.398. The highest BCUT2D eigenvalue weighted by Gasteiger charge is 2.05. The molecule has 0 atom stereocenters. The predicted octanol–water partition coefficient (Wildman–Crippen LogP) is 3.83. The quantitative estimate of drug-likeness (QED) is 0.666. The summed E-state index contributed by atoms with van der Waals surface area (Å²) in [5.41, 5.74) is 6.37. The summed E-state index contributed by atoms with van der Waals surface area (Å²) < 4.78 is 0. The lowest BCUT2D eigenvalue weighted by molar-refractivity contribution is 0.984. The van der Waals surface area contributed by atoms with Gasteiger partial charge in [0.2, 0.25) is 0 Å². The molecule has 94 valence electrons. The number of hydrogen-bond acceptors (Lipinski definition) is 5. The molecule has 0 aliphatic carbocycles. The molecule has 0 amide bonds. The summed E-state index contributed by atoms with van der Waals surface area (Å²) in [6.07, 6.45) is 1.88. The molecule has 3 N–H and O–H groups in total. The molecular formula is C11H10Cl2N4S. The zero-order chi connectivity index (χ0) is 13.1. The van der Waals surface area contributed by atoms with E-state index in [1.54, 1.807) is 24.3 Å². The van der Waals surface area contributed by atoms with Crippen molar-refractivity contribution < 1.29 is 0 Å². The van der Waals surface area contributed by atoms with E-state index in [0.29, 0.717) is 32.5 Å². The van der Waals surface area contributed by atoms with Gasteiger partial charge in [0.15, 0.2) is 5.16 Å². The zero-order valence-electron chi connectivity index (χ0n) is 9.45. The second kappa shape index (κ2) is 5.65. The van der Waals surface area contributed by atoms with Gasteiger partial charge in [-0.3, -0.25) is 0 Å². The van der Waals surface area contributed by atoms with Crippen molar-refractivity contribution in [2.24, 2.45) is 0 Å². The van der Waals surface area contributed by atoms with E-state index in [1.165, 1.54) is 11.8 Å². The van der Waals surface area contributed by atoms with E-state index in [9.17, 15) is 0 Å². The molecule has 4 nitrogen and oxygen atoms in total. The van der Waals surface area contributed by atoms with Crippen molar-refractivity contribution in [2.75, 3.05) is 17.3 Å². The molecule has 7 heteroatoms. The maximum atomic E-state index is 6.06. The third kappa shape index (κ3) is 3.19. The lowest BCUT2D eigenvalue weighted by atomic mass is 10.3. The largest absolute Gasteiger partial charge is 0.383 e. The molecule has 1 aromatic carbocycles. The molecular weight excluding hydrogens is 291 g/mol. The van der Waals surface area contributed by atoms with Crippen molar-refractivity contribution in [1.29, 1.82) is 0 Å². The number of nitrogens with zero attached hydrogens (tertiary/aromatic N) is 2. The molecule has 0 bridgehead atoms. The van der Waals surface area contributed by atoms with Gasteiger partial charge in [-0.15, -0.1) is 0 Å². The van der Waals surface area contributed by atoms with Gasteiger partial charge in [-0.2, -0.15) is 0 Å². The van der Waals surface area contributed by atoms with Crippen LogP contribution < -0.4 is 11.1 Å². The minimum Gasteiger partial charge on any atom is -0.383 e. The molecule has 0 unspecified atom stereocenters. The standard InChI is InChI=1S/C11H10Cl2N4S/c1-18-11-16-9(14)5-10(17-11)15-8-4-6(12)2-3-7(8)13/h2-5H,1H3,(H3,14,15,16,17). The van der Waals surface area contributed by atoms with Crippen molar-refractivity contribution in [3.8, 4) is 0 Å². The first-order valence-corrected chi connectivity index (χ1v) is 6.97. The topological polar surface area (TPSA) is 63.8 Å². The number of benzene rings is 1. The third-order valence-electron chi connectivity index (χ3n) is 2.10. The fourth-order valence-electron chi connectivity index (χ4n) is 1.33. The molecule has 0 aliphatic heterocycles. The summed E-state index contributed by atoms with van der Waals surface area (Å²) >= 11 is 13.4. The Morgan fingerprint density at radius 1 is 1.22 bits per heavy atom.